The molecule has 0 spiro atoms. The number of benzene rings is 1. The first kappa shape index (κ1) is 14.5. The van der Waals surface area contributed by atoms with E-state index in [9.17, 15) is 4.79 Å². The third kappa shape index (κ3) is 3.43. The zero-order valence-electron chi connectivity index (χ0n) is 11.9. The maximum absolute atomic E-state index is 12.4. The van der Waals surface area contributed by atoms with Gasteiger partial charge in [-0.05, 0) is 49.8 Å². The minimum absolute atomic E-state index is 0.00886. The van der Waals surface area contributed by atoms with Crippen molar-refractivity contribution in [3.05, 3.63) is 42.1 Å². The summed E-state index contributed by atoms with van der Waals surface area (Å²) in [5, 5.41) is 4.01. The summed E-state index contributed by atoms with van der Waals surface area (Å²) in [5.41, 5.74) is 1.58. The molecule has 1 heterocycles. The van der Waals surface area contributed by atoms with Gasteiger partial charge in [-0.1, -0.05) is 28.1 Å². The summed E-state index contributed by atoms with van der Waals surface area (Å²) in [6.45, 7) is 0.773. The molecule has 1 aromatic heterocycles. The van der Waals surface area contributed by atoms with Crippen molar-refractivity contribution in [2.75, 3.05) is 6.54 Å². The van der Waals surface area contributed by atoms with Gasteiger partial charge in [-0.3, -0.25) is 9.78 Å². The summed E-state index contributed by atoms with van der Waals surface area (Å²) in [4.78, 5) is 17.4. The summed E-state index contributed by atoms with van der Waals surface area (Å²) in [5.74, 6) is 0.616. The highest BCUT2D eigenvalue weighted by molar-refractivity contribution is 9.09. The molecule has 21 heavy (non-hydrogen) atoms. The molecule has 1 aromatic carbocycles. The van der Waals surface area contributed by atoms with Crippen LogP contribution in [0.3, 0.4) is 0 Å². The van der Waals surface area contributed by atoms with Gasteiger partial charge in [0, 0.05) is 28.5 Å². The number of pyridine rings is 1. The van der Waals surface area contributed by atoms with E-state index in [-0.39, 0.29) is 5.91 Å². The second kappa shape index (κ2) is 6.56. The molecule has 1 fully saturated rings. The van der Waals surface area contributed by atoms with Gasteiger partial charge in [0.2, 0.25) is 0 Å². The van der Waals surface area contributed by atoms with Crippen LogP contribution in [0.25, 0.3) is 10.9 Å². The van der Waals surface area contributed by atoms with Crippen molar-refractivity contribution in [3.8, 4) is 0 Å². The number of halogens is 1. The van der Waals surface area contributed by atoms with Crippen LogP contribution in [0.2, 0.25) is 0 Å². The minimum Gasteiger partial charge on any atom is -0.352 e. The maximum Gasteiger partial charge on any atom is 0.251 e. The number of carbonyl (C=O) groups excluding carboxylic acids is 1. The van der Waals surface area contributed by atoms with Crippen LogP contribution in [0.1, 0.15) is 36.0 Å². The highest BCUT2D eigenvalue weighted by atomic mass is 79.9. The normalized spacial score (nSPS) is 22.1. The second-order valence-electron chi connectivity index (χ2n) is 5.70. The molecule has 0 radical (unpaired) electrons. The third-order valence-electron chi connectivity index (χ3n) is 4.22. The standard InChI is InChI=1S/C17H19BrN2O/c18-13-8-6-12(7-9-13)11-20-17(21)15-3-1-5-16-14(15)4-2-10-19-16/h1-5,10,12-13H,6-9,11H2,(H,20,21). The Kier molecular flexibility index (Phi) is 4.54. The van der Waals surface area contributed by atoms with Crippen molar-refractivity contribution in [1.29, 1.82) is 0 Å². The summed E-state index contributed by atoms with van der Waals surface area (Å²) in [7, 11) is 0. The summed E-state index contributed by atoms with van der Waals surface area (Å²) >= 11 is 3.67. The Hall–Kier alpha value is -1.42. The van der Waals surface area contributed by atoms with E-state index >= 15 is 0 Å². The predicted molar refractivity (Wildman–Crippen MR) is 88.7 cm³/mol. The first-order valence-corrected chi connectivity index (χ1v) is 8.41. The lowest BCUT2D eigenvalue weighted by atomic mass is 9.89. The Labute approximate surface area is 133 Å². The number of rotatable bonds is 3. The molecule has 3 nitrogen and oxygen atoms in total. The SMILES string of the molecule is O=C(NCC1CCC(Br)CC1)c1cccc2ncccc12. The van der Waals surface area contributed by atoms with E-state index in [1.165, 1.54) is 25.7 Å². The van der Waals surface area contributed by atoms with Gasteiger partial charge in [0.05, 0.1) is 5.52 Å². The van der Waals surface area contributed by atoms with E-state index in [1.807, 2.05) is 30.3 Å². The van der Waals surface area contributed by atoms with Crippen molar-refractivity contribution in [1.82, 2.24) is 10.3 Å². The van der Waals surface area contributed by atoms with Crippen LogP contribution >= 0.6 is 15.9 Å². The lowest BCUT2D eigenvalue weighted by molar-refractivity contribution is 0.0945. The number of amides is 1. The van der Waals surface area contributed by atoms with Crippen molar-refractivity contribution >= 4 is 32.7 Å². The van der Waals surface area contributed by atoms with Gasteiger partial charge in [0.15, 0.2) is 0 Å². The van der Waals surface area contributed by atoms with Crippen LogP contribution in [-0.4, -0.2) is 22.3 Å². The molecule has 4 heteroatoms. The molecule has 0 atom stereocenters. The predicted octanol–water partition coefficient (Wildman–Crippen LogP) is 3.92. The molecule has 2 aromatic rings. The Balaban J connectivity index is 1.67. The largest absolute Gasteiger partial charge is 0.352 e. The van der Waals surface area contributed by atoms with Crippen LogP contribution in [0.4, 0.5) is 0 Å². The van der Waals surface area contributed by atoms with Crippen LogP contribution in [-0.2, 0) is 0 Å². The molecule has 1 N–H and O–H groups in total. The van der Waals surface area contributed by atoms with E-state index in [4.69, 9.17) is 0 Å². The highest BCUT2D eigenvalue weighted by Crippen LogP contribution is 2.28. The Morgan fingerprint density at radius 3 is 2.81 bits per heavy atom. The van der Waals surface area contributed by atoms with Crippen molar-refractivity contribution in [3.63, 3.8) is 0 Å². The molecule has 3 rings (SSSR count). The molecule has 110 valence electrons. The number of fused-ring (bicyclic) bond motifs is 1. The van der Waals surface area contributed by atoms with Gasteiger partial charge < -0.3 is 5.32 Å². The van der Waals surface area contributed by atoms with Crippen LogP contribution in [0.5, 0.6) is 0 Å². The zero-order valence-corrected chi connectivity index (χ0v) is 13.5. The number of hydrogen-bond acceptors (Lipinski definition) is 2. The summed E-state index contributed by atoms with van der Waals surface area (Å²) < 4.78 is 0. The summed E-state index contributed by atoms with van der Waals surface area (Å²) in [6.07, 6.45) is 6.54. The fraction of sp³-hybridized carbons (Fsp3) is 0.412. The number of carbonyl (C=O) groups is 1. The Morgan fingerprint density at radius 2 is 2.00 bits per heavy atom. The van der Waals surface area contributed by atoms with Gasteiger partial charge >= 0.3 is 0 Å². The number of hydrogen-bond donors (Lipinski definition) is 1. The summed E-state index contributed by atoms with van der Waals surface area (Å²) in [6, 6.07) is 9.52. The van der Waals surface area contributed by atoms with Crippen molar-refractivity contribution in [2.24, 2.45) is 5.92 Å². The van der Waals surface area contributed by atoms with Crippen LogP contribution in [0.15, 0.2) is 36.5 Å². The quantitative estimate of drug-likeness (QED) is 0.855. The second-order valence-corrected chi connectivity index (χ2v) is 7.00. The first-order valence-electron chi connectivity index (χ1n) is 7.50. The smallest absolute Gasteiger partial charge is 0.251 e. The molecule has 0 saturated heterocycles. The average Bonchev–Trinajstić information content (AvgIpc) is 2.53. The lowest BCUT2D eigenvalue weighted by Crippen LogP contribution is -2.31. The molecular weight excluding hydrogens is 328 g/mol. The van der Waals surface area contributed by atoms with Gasteiger partial charge in [0.1, 0.15) is 0 Å². The Morgan fingerprint density at radius 1 is 1.19 bits per heavy atom. The van der Waals surface area contributed by atoms with Gasteiger partial charge in [-0.25, -0.2) is 0 Å². The van der Waals surface area contributed by atoms with Crippen molar-refractivity contribution < 1.29 is 4.79 Å². The number of nitrogens with zero attached hydrogens (tertiary/aromatic N) is 1. The maximum atomic E-state index is 12.4. The molecule has 1 aliphatic rings. The number of nitrogens with one attached hydrogen (secondary N) is 1. The topological polar surface area (TPSA) is 42.0 Å². The van der Waals surface area contributed by atoms with Gasteiger partial charge in [-0.15, -0.1) is 0 Å². The average molecular weight is 347 g/mol. The third-order valence-corrected chi connectivity index (χ3v) is 5.13. The van der Waals surface area contributed by atoms with E-state index in [0.29, 0.717) is 10.7 Å². The fourth-order valence-corrected chi connectivity index (χ4v) is 3.49. The molecule has 1 aliphatic carbocycles. The van der Waals surface area contributed by atoms with Gasteiger partial charge in [0.25, 0.3) is 5.91 Å². The van der Waals surface area contributed by atoms with E-state index in [2.05, 4.69) is 26.2 Å². The highest BCUT2D eigenvalue weighted by Gasteiger charge is 2.20. The zero-order chi connectivity index (χ0) is 14.7. The molecule has 1 saturated carbocycles. The molecular formula is C17H19BrN2O. The van der Waals surface area contributed by atoms with Gasteiger partial charge in [-0.2, -0.15) is 0 Å². The minimum atomic E-state index is 0.00886. The molecule has 0 unspecified atom stereocenters. The lowest BCUT2D eigenvalue weighted by Gasteiger charge is -2.25. The van der Waals surface area contributed by atoms with Crippen molar-refractivity contribution in [2.45, 2.75) is 30.5 Å². The molecule has 1 amide bonds. The Bertz CT molecular complexity index is 630. The number of aromatic nitrogens is 1. The van der Waals surface area contributed by atoms with Crippen LogP contribution in [0, 0.1) is 5.92 Å². The monoisotopic (exact) mass is 346 g/mol. The first-order chi connectivity index (χ1) is 10.2. The number of alkyl halides is 1. The van der Waals surface area contributed by atoms with E-state index in [0.717, 1.165) is 23.0 Å². The van der Waals surface area contributed by atoms with E-state index in [1.54, 1.807) is 6.20 Å². The molecule has 0 aliphatic heterocycles. The fourth-order valence-electron chi connectivity index (χ4n) is 2.96. The van der Waals surface area contributed by atoms with E-state index < -0.39 is 0 Å². The molecule has 0 bridgehead atoms. The van der Waals surface area contributed by atoms with Crippen LogP contribution < -0.4 is 5.32 Å².